The minimum absolute atomic E-state index is 0.338. The Kier molecular flexibility index (Phi) is 3.07. The van der Waals surface area contributed by atoms with Crippen LogP contribution in [0.1, 0.15) is 6.92 Å². The van der Waals surface area contributed by atoms with Crippen LogP contribution in [0.25, 0.3) is 11.1 Å². The molecular formula is C11H15N3O2. The number of rotatable bonds is 4. The van der Waals surface area contributed by atoms with Gasteiger partial charge < -0.3 is 20.6 Å². The molecule has 1 aromatic heterocycles. The zero-order chi connectivity index (χ0) is 11.5. The fourth-order valence-corrected chi connectivity index (χ4v) is 1.32. The molecule has 0 saturated heterocycles. The van der Waals surface area contributed by atoms with Gasteiger partial charge in [0, 0.05) is 12.6 Å². The Labute approximate surface area is 93.3 Å². The number of aromatic nitrogens is 1. The van der Waals surface area contributed by atoms with Crippen molar-refractivity contribution >= 4 is 17.1 Å². The largest absolute Gasteiger partial charge is 0.424 e. The van der Waals surface area contributed by atoms with Crippen molar-refractivity contribution in [2.75, 3.05) is 11.9 Å². The molecule has 0 bridgehead atoms. The van der Waals surface area contributed by atoms with Crippen LogP contribution in [0, 0.1) is 0 Å². The molecule has 0 aliphatic heterocycles. The van der Waals surface area contributed by atoms with Crippen molar-refractivity contribution in [3.8, 4) is 0 Å². The summed E-state index contributed by atoms with van der Waals surface area (Å²) in [5.74, 6) is 0. The highest BCUT2D eigenvalue weighted by molar-refractivity contribution is 5.74. The van der Waals surface area contributed by atoms with Crippen molar-refractivity contribution in [1.82, 2.24) is 4.98 Å². The zero-order valence-corrected chi connectivity index (χ0v) is 9.05. The molecule has 1 aromatic carbocycles. The third-order valence-electron chi connectivity index (χ3n) is 2.40. The summed E-state index contributed by atoms with van der Waals surface area (Å²) in [6.45, 7) is 2.07. The molecule has 2 aromatic rings. The number of nitrogens with zero attached hydrogens (tertiary/aromatic N) is 1. The summed E-state index contributed by atoms with van der Waals surface area (Å²) in [5, 5.41) is 12.2. The quantitative estimate of drug-likeness (QED) is 0.715. The lowest BCUT2D eigenvalue weighted by molar-refractivity contribution is 0.168. The monoisotopic (exact) mass is 221 g/mol. The second-order valence-electron chi connectivity index (χ2n) is 3.77. The second kappa shape index (κ2) is 4.51. The smallest absolute Gasteiger partial charge is 0.295 e. The minimum Gasteiger partial charge on any atom is -0.424 e. The Balaban J connectivity index is 2.05. The number of aliphatic hydroxyl groups excluding tert-OH is 1. The molecule has 1 heterocycles. The minimum atomic E-state index is -0.558. The standard InChI is InChI=1S/C11H15N3O2/c1-7(15)8(12)6-13-11-14-9-4-2-3-5-10(9)16-11/h2-5,7-8,15H,6,12H2,1H3,(H,13,14). The summed E-state index contributed by atoms with van der Waals surface area (Å²) in [6.07, 6.45) is -0.558. The van der Waals surface area contributed by atoms with Crippen LogP contribution in [0.4, 0.5) is 6.01 Å². The maximum Gasteiger partial charge on any atom is 0.295 e. The lowest BCUT2D eigenvalue weighted by atomic mass is 10.2. The SMILES string of the molecule is CC(O)C(N)CNc1nc2ccccc2o1. The van der Waals surface area contributed by atoms with Gasteiger partial charge in [0.1, 0.15) is 5.52 Å². The predicted molar refractivity (Wildman–Crippen MR) is 62.2 cm³/mol. The highest BCUT2D eigenvalue weighted by atomic mass is 16.4. The van der Waals surface area contributed by atoms with Gasteiger partial charge in [-0.25, -0.2) is 0 Å². The van der Waals surface area contributed by atoms with Gasteiger partial charge in [-0.15, -0.1) is 0 Å². The summed E-state index contributed by atoms with van der Waals surface area (Å²) in [5.41, 5.74) is 7.21. The average Bonchev–Trinajstić information content (AvgIpc) is 2.68. The predicted octanol–water partition coefficient (Wildman–Crippen LogP) is 0.948. The fourth-order valence-electron chi connectivity index (χ4n) is 1.32. The van der Waals surface area contributed by atoms with Crippen LogP contribution < -0.4 is 11.1 Å². The van der Waals surface area contributed by atoms with E-state index in [0.29, 0.717) is 12.6 Å². The van der Waals surface area contributed by atoms with E-state index in [1.54, 1.807) is 6.92 Å². The Bertz CT molecular complexity index is 434. The van der Waals surface area contributed by atoms with Crippen molar-refractivity contribution < 1.29 is 9.52 Å². The highest BCUT2D eigenvalue weighted by Crippen LogP contribution is 2.17. The number of fused-ring (bicyclic) bond motifs is 1. The van der Waals surface area contributed by atoms with Gasteiger partial charge in [0.05, 0.1) is 6.10 Å². The number of nitrogens with two attached hydrogens (primary N) is 1. The highest BCUT2D eigenvalue weighted by Gasteiger charge is 2.10. The van der Waals surface area contributed by atoms with Crippen molar-refractivity contribution in [3.05, 3.63) is 24.3 Å². The summed E-state index contributed by atoms with van der Waals surface area (Å²) in [4.78, 5) is 4.23. The van der Waals surface area contributed by atoms with Crippen molar-refractivity contribution in [2.45, 2.75) is 19.1 Å². The number of oxazole rings is 1. The van der Waals surface area contributed by atoms with E-state index in [1.165, 1.54) is 0 Å². The van der Waals surface area contributed by atoms with Gasteiger partial charge in [0.25, 0.3) is 6.01 Å². The number of anilines is 1. The van der Waals surface area contributed by atoms with Gasteiger partial charge >= 0.3 is 0 Å². The maximum atomic E-state index is 9.22. The molecule has 0 aliphatic carbocycles. The molecule has 0 saturated carbocycles. The van der Waals surface area contributed by atoms with Crippen LogP contribution in [0.3, 0.4) is 0 Å². The topological polar surface area (TPSA) is 84.3 Å². The number of aliphatic hydroxyl groups is 1. The van der Waals surface area contributed by atoms with Crippen molar-refractivity contribution in [1.29, 1.82) is 0 Å². The van der Waals surface area contributed by atoms with E-state index in [1.807, 2.05) is 24.3 Å². The van der Waals surface area contributed by atoms with E-state index in [0.717, 1.165) is 11.1 Å². The molecular weight excluding hydrogens is 206 g/mol. The van der Waals surface area contributed by atoms with E-state index in [-0.39, 0.29) is 6.04 Å². The lowest BCUT2D eigenvalue weighted by Crippen LogP contribution is -2.38. The van der Waals surface area contributed by atoms with Gasteiger partial charge in [-0.05, 0) is 19.1 Å². The first-order valence-corrected chi connectivity index (χ1v) is 5.20. The normalized spacial score (nSPS) is 14.9. The number of nitrogens with one attached hydrogen (secondary N) is 1. The number of hydrogen-bond donors (Lipinski definition) is 3. The molecule has 4 N–H and O–H groups in total. The van der Waals surface area contributed by atoms with E-state index in [9.17, 15) is 5.11 Å². The molecule has 16 heavy (non-hydrogen) atoms. The van der Waals surface area contributed by atoms with Crippen molar-refractivity contribution in [2.24, 2.45) is 5.73 Å². The molecule has 2 unspecified atom stereocenters. The number of hydrogen-bond acceptors (Lipinski definition) is 5. The molecule has 2 rings (SSSR count). The number of benzene rings is 1. The molecule has 0 amide bonds. The van der Waals surface area contributed by atoms with Crippen molar-refractivity contribution in [3.63, 3.8) is 0 Å². The van der Waals surface area contributed by atoms with Gasteiger partial charge in [-0.2, -0.15) is 4.98 Å². The third kappa shape index (κ3) is 2.32. The van der Waals surface area contributed by atoms with E-state index in [2.05, 4.69) is 10.3 Å². The molecule has 86 valence electrons. The van der Waals surface area contributed by atoms with Crippen LogP contribution in [0.2, 0.25) is 0 Å². The van der Waals surface area contributed by atoms with Gasteiger partial charge in [0.2, 0.25) is 0 Å². The van der Waals surface area contributed by atoms with Gasteiger partial charge in [0.15, 0.2) is 5.58 Å². The number of para-hydroxylation sites is 2. The Hall–Kier alpha value is -1.59. The average molecular weight is 221 g/mol. The first-order valence-electron chi connectivity index (χ1n) is 5.20. The van der Waals surface area contributed by atoms with Crippen LogP contribution >= 0.6 is 0 Å². The molecule has 0 aliphatic rings. The first-order chi connectivity index (χ1) is 7.66. The van der Waals surface area contributed by atoms with Gasteiger partial charge in [-0.3, -0.25) is 0 Å². The molecule has 5 heteroatoms. The summed E-state index contributed by atoms with van der Waals surface area (Å²) in [6, 6.07) is 7.60. The Morgan fingerprint density at radius 3 is 2.94 bits per heavy atom. The molecule has 0 radical (unpaired) electrons. The Morgan fingerprint density at radius 1 is 1.50 bits per heavy atom. The molecule has 2 atom stereocenters. The zero-order valence-electron chi connectivity index (χ0n) is 9.05. The van der Waals surface area contributed by atoms with E-state index < -0.39 is 6.10 Å². The van der Waals surface area contributed by atoms with Crippen LogP contribution in [-0.4, -0.2) is 28.8 Å². The summed E-state index contributed by atoms with van der Waals surface area (Å²) < 4.78 is 5.44. The summed E-state index contributed by atoms with van der Waals surface area (Å²) in [7, 11) is 0. The van der Waals surface area contributed by atoms with E-state index in [4.69, 9.17) is 10.2 Å². The van der Waals surface area contributed by atoms with Crippen LogP contribution in [-0.2, 0) is 0 Å². The maximum absolute atomic E-state index is 9.22. The summed E-state index contributed by atoms with van der Waals surface area (Å²) >= 11 is 0. The Morgan fingerprint density at radius 2 is 2.25 bits per heavy atom. The first kappa shape index (κ1) is 10.9. The molecule has 0 fully saturated rings. The van der Waals surface area contributed by atoms with Crippen LogP contribution in [0.15, 0.2) is 28.7 Å². The van der Waals surface area contributed by atoms with Gasteiger partial charge in [-0.1, -0.05) is 12.1 Å². The molecule has 0 spiro atoms. The van der Waals surface area contributed by atoms with Crippen LogP contribution in [0.5, 0.6) is 0 Å². The lowest BCUT2D eigenvalue weighted by Gasteiger charge is -2.13. The molecule has 5 nitrogen and oxygen atoms in total. The third-order valence-corrected chi connectivity index (χ3v) is 2.40. The van der Waals surface area contributed by atoms with E-state index >= 15 is 0 Å². The fraction of sp³-hybridized carbons (Fsp3) is 0.364. The second-order valence-corrected chi connectivity index (χ2v) is 3.77.